The normalized spacial score (nSPS) is 10.8. The largest absolute Gasteiger partial charge is 0.314 e. The van der Waals surface area contributed by atoms with Crippen LogP contribution in [0.2, 0.25) is 10.0 Å². The maximum atomic E-state index is 12.3. The van der Waals surface area contributed by atoms with Gasteiger partial charge in [-0.15, -0.1) is 0 Å². The highest BCUT2D eigenvalue weighted by atomic mass is 35.5. The van der Waals surface area contributed by atoms with Crippen molar-refractivity contribution in [3.63, 3.8) is 0 Å². The lowest BCUT2D eigenvalue weighted by Gasteiger charge is -2.22. The first-order chi connectivity index (χ1) is 10.5. The Bertz CT molecular complexity index is 626. The van der Waals surface area contributed by atoms with Gasteiger partial charge >= 0.3 is 0 Å². The number of benzene rings is 2. The summed E-state index contributed by atoms with van der Waals surface area (Å²) in [6, 6.07) is 15.0. The van der Waals surface area contributed by atoms with Crippen LogP contribution in [0.25, 0.3) is 0 Å². The number of carbonyl (C=O) groups is 1. The minimum absolute atomic E-state index is 0.0295. The van der Waals surface area contributed by atoms with E-state index in [1.807, 2.05) is 54.4 Å². The number of anilines is 1. The smallest absolute Gasteiger partial charge is 0.240 e. The van der Waals surface area contributed by atoms with Crippen molar-refractivity contribution in [1.82, 2.24) is 4.90 Å². The van der Waals surface area contributed by atoms with Crippen molar-refractivity contribution in [1.29, 1.82) is 0 Å². The number of hydrogen-bond donors (Lipinski definition) is 0. The van der Waals surface area contributed by atoms with Crippen LogP contribution in [-0.2, 0) is 11.3 Å². The number of para-hydroxylation sites is 1. The van der Waals surface area contributed by atoms with Crippen molar-refractivity contribution >= 4 is 34.8 Å². The van der Waals surface area contributed by atoms with Crippen molar-refractivity contribution in [3.8, 4) is 0 Å². The van der Waals surface area contributed by atoms with Gasteiger partial charge < -0.3 is 4.90 Å². The average molecular weight is 337 g/mol. The lowest BCUT2D eigenvalue weighted by atomic mass is 10.2. The zero-order valence-electron chi connectivity index (χ0n) is 12.6. The van der Waals surface area contributed by atoms with Crippen molar-refractivity contribution in [2.24, 2.45) is 0 Å². The molecule has 0 aliphatic rings. The van der Waals surface area contributed by atoms with E-state index in [1.165, 1.54) is 0 Å². The second kappa shape index (κ2) is 7.63. The summed E-state index contributed by atoms with van der Waals surface area (Å²) in [6.07, 6.45) is 0. The summed E-state index contributed by atoms with van der Waals surface area (Å²) >= 11 is 12.0. The standard InChI is InChI=1S/C17H18Cl2N2O/c1-20(11-13-8-14(18)10-15(19)9-13)12-17(22)21(2)16-6-4-3-5-7-16/h3-10H,11-12H2,1-2H3. The fraction of sp³-hybridized carbons (Fsp3) is 0.235. The zero-order valence-corrected chi connectivity index (χ0v) is 14.1. The molecule has 2 aromatic carbocycles. The SMILES string of the molecule is CN(CC(=O)N(C)c1ccccc1)Cc1cc(Cl)cc(Cl)c1. The first-order valence-corrected chi connectivity index (χ1v) is 7.66. The third-order valence-corrected chi connectivity index (χ3v) is 3.73. The number of likely N-dealkylation sites (N-methyl/N-ethyl adjacent to an activating group) is 2. The van der Waals surface area contributed by atoms with Gasteiger partial charge in [-0.25, -0.2) is 0 Å². The van der Waals surface area contributed by atoms with E-state index in [0.29, 0.717) is 23.1 Å². The van der Waals surface area contributed by atoms with Crippen molar-refractivity contribution in [2.75, 3.05) is 25.5 Å². The average Bonchev–Trinajstić information content (AvgIpc) is 2.46. The van der Waals surface area contributed by atoms with E-state index in [4.69, 9.17) is 23.2 Å². The second-order valence-corrected chi connectivity index (χ2v) is 6.11. The van der Waals surface area contributed by atoms with E-state index >= 15 is 0 Å². The summed E-state index contributed by atoms with van der Waals surface area (Å²) in [4.78, 5) is 15.9. The molecule has 22 heavy (non-hydrogen) atoms. The van der Waals surface area contributed by atoms with Crippen molar-refractivity contribution < 1.29 is 4.79 Å². The molecule has 1 amide bonds. The molecule has 0 aliphatic heterocycles. The molecule has 2 rings (SSSR count). The molecule has 0 bridgehead atoms. The van der Waals surface area contributed by atoms with Crippen LogP contribution in [0.4, 0.5) is 5.69 Å². The Morgan fingerprint density at radius 2 is 1.59 bits per heavy atom. The summed E-state index contributed by atoms with van der Waals surface area (Å²) in [5, 5.41) is 1.20. The third-order valence-electron chi connectivity index (χ3n) is 3.30. The Kier molecular flexibility index (Phi) is 5.83. The summed E-state index contributed by atoms with van der Waals surface area (Å²) in [7, 11) is 3.67. The number of carbonyl (C=O) groups excluding carboxylic acids is 1. The third kappa shape index (κ3) is 4.73. The van der Waals surface area contributed by atoms with E-state index in [0.717, 1.165) is 11.3 Å². The van der Waals surface area contributed by atoms with Gasteiger partial charge in [-0.05, 0) is 42.9 Å². The van der Waals surface area contributed by atoms with E-state index in [1.54, 1.807) is 18.0 Å². The van der Waals surface area contributed by atoms with E-state index in [2.05, 4.69) is 0 Å². The van der Waals surface area contributed by atoms with E-state index in [9.17, 15) is 4.79 Å². The highest BCUT2D eigenvalue weighted by molar-refractivity contribution is 6.34. The summed E-state index contributed by atoms with van der Waals surface area (Å²) in [6.45, 7) is 0.921. The van der Waals surface area contributed by atoms with Crippen molar-refractivity contribution in [3.05, 3.63) is 64.1 Å². The van der Waals surface area contributed by atoms with Gasteiger partial charge in [0.05, 0.1) is 6.54 Å². The van der Waals surface area contributed by atoms with Gasteiger partial charge in [0.25, 0.3) is 0 Å². The van der Waals surface area contributed by atoms with Crippen LogP contribution in [0.15, 0.2) is 48.5 Å². The van der Waals surface area contributed by atoms with E-state index in [-0.39, 0.29) is 5.91 Å². The lowest BCUT2D eigenvalue weighted by molar-refractivity contribution is -0.119. The fourth-order valence-corrected chi connectivity index (χ4v) is 2.77. The number of nitrogens with zero attached hydrogens (tertiary/aromatic N) is 2. The van der Waals surface area contributed by atoms with Gasteiger partial charge in [0, 0.05) is 29.3 Å². The van der Waals surface area contributed by atoms with Crippen LogP contribution in [0.3, 0.4) is 0 Å². The van der Waals surface area contributed by atoms with Crippen LogP contribution >= 0.6 is 23.2 Å². The number of amides is 1. The maximum Gasteiger partial charge on any atom is 0.240 e. The molecule has 116 valence electrons. The molecule has 0 radical (unpaired) electrons. The topological polar surface area (TPSA) is 23.6 Å². The molecule has 0 atom stereocenters. The minimum Gasteiger partial charge on any atom is -0.314 e. The molecule has 0 saturated heterocycles. The monoisotopic (exact) mass is 336 g/mol. The lowest BCUT2D eigenvalue weighted by Crippen LogP contribution is -2.36. The minimum atomic E-state index is 0.0295. The molecular formula is C17H18Cl2N2O. The van der Waals surface area contributed by atoms with Gasteiger partial charge in [0.2, 0.25) is 5.91 Å². The van der Waals surface area contributed by atoms with Gasteiger partial charge in [0.1, 0.15) is 0 Å². The molecule has 0 aromatic heterocycles. The Morgan fingerprint density at radius 3 is 2.18 bits per heavy atom. The van der Waals surface area contributed by atoms with Crippen LogP contribution in [-0.4, -0.2) is 31.4 Å². The quantitative estimate of drug-likeness (QED) is 0.820. The molecule has 3 nitrogen and oxygen atoms in total. The summed E-state index contributed by atoms with van der Waals surface area (Å²) in [5.41, 5.74) is 1.86. The molecule has 0 saturated carbocycles. The second-order valence-electron chi connectivity index (χ2n) is 5.24. The molecule has 0 fully saturated rings. The molecule has 2 aromatic rings. The molecule has 5 heteroatoms. The Balaban J connectivity index is 1.96. The zero-order chi connectivity index (χ0) is 16.1. The van der Waals surface area contributed by atoms with Crippen LogP contribution < -0.4 is 4.90 Å². The van der Waals surface area contributed by atoms with Crippen molar-refractivity contribution in [2.45, 2.75) is 6.54 Å². The Hall–Kier alpha value is -1.55. The van der Waals surface area contributed by atoms with Gasteiger partial charge in [-0.3, -0.25) is 9.69 Å². The first kappa shape index (κ1) is 16.8. The maximum absolute atomic E-state index is 12.3. The summed E-state index contributed by atoms with van der Waals surface area (Å²) < 4.78 is 0. The van der Waals surface area contributed by atoms with Crippen LogP contribution in [0.1, 0.15) is 5.56 Å². The van der Waals surface area contributed by atoms with E-state index < -0.39 is 0 Å². The first-order valence-electron chi connectivity index (χ1n) is 6.91. The number of rotatable bonds is 5. The van der Waals surface area contributed by atoms with Gasteiger partial charge in [0.15, 0.2) is 0 Å². The predicted molar refractivity (Wildman–Crippen MR) is 92.6 cm³/mol. The van der Waals surface area contributed by atoms with Crippen LogP contribution in [0, 0.1) is 0 Å². The highest BCUT2D eigenvalue weighted by Gasteiger charge is 2.13. The Morgan fingerprint density at radius 1 is 1.00 bits per heavy atom. The highest BCUT2D eigenvalue weighted by Crippen LogP contribution is 2.20. The van der Waals surface area contributed by atoms with Gasteiger partial charge in [-0.2, -0.15) is 0 Å². The molecular weight excluding hydrogens is 319 g/mol. The molecule has 0 heterocycles. The Labute approximate surface area is 141 Å². The molecule has 0 aliphatic carbocycles. The number of hydrogen-bond acceptors (Lipinski definition) is 2. The van der Waals surface area contributed by atoms with Gasteiger partial charge in [-0.1, -0.05) is 41.4 Å². The fourth-order valence-electron chi connectivity index (χ4n) is 2.20. The number of halogens is 2. The molecule has 0 unspecified atom stereocenters. The predicted octanol–water partition coefficient (Wildman–Crippen LogP) is 4.09. The molecule has 0 N–H and O–H groups in total. The van der Waals surface area contributed by atoms with Crippen LogP contribution in [0.5, 0.6) is 0 Å². The summed E-state index contributed by atoms with van der Waals surface area (Å²) in [5.74, 6) is 0.0295. The molecule has 0 spiro atoms.